The van der Waals surface area contributed by atoms with Crippen LogP contribution in [0.2, 0.25) is 0 Å². The monoisotopic (exact) mass is 364 g/mol. The van der Waals surface area contributed by atoms with Gasteiger partial charge in [-0.05, 0) is 24.8 Å². The molecule has 1 aromatic rings. The number of ether oxygens (including phenoxy) is 2. The van der Waals surface area contributed by atoms with Crippen LogP contribution in [0.25, 0.3) is 0 Å². The number of nitrogens with one attached hydrogen (secondary N) is 2. The molecular weight excluding hydrogens is 340 g/mol. The number of aliphatic carboxylic acids is 1. The first-order chi connectivity index (χ1) is 12.5. The third kappa shape index (κ3) is 9.31. The van der Waals surface area contributed by atoms with Gasteiger partial charge in [0.05, 0.1) is 0 Å². The van der Waals surface area contributed by atoms with Crippen molar-refractivity contribution in [3.8, 4) is 0 Å². The van der Waals surface area contributed by atoms with Crippen LogP contribution in [0.15, 0.2) is 43.0 Å². The molecule has 0 spiro atoms. The Hall–Kier alpha value is -3.03. The Balaban J connectivity index is 2.16. The highest BCUT2D eigenvalue weighted by molar-refractivity contribution is 5.79. The van der Waals surface area contributed by atoms with Crippen molar-refractivity contribution < 1.29 is 29.0 Å². The number of carbonyl (C=O) groups excluding carboxylic acids is 2. The molecule has 142 valence electrons. The van der Waals surface area contributed by atoms with Gasteiger partial charge in [-0.1, -0.05) is 43.0 Å². The maximum absolute atomic E-state index is 11.6. The quantitative estimate of drug-likeness (QED) is 0.410. The highest BCUT2D eigenvalue weighted by Crippen LogP contribution is 2.03. The fourth-order valence-corrected chi connectivity index (χ4v) is 2.01. The van der Waals surface area contributed by atoms with Gasteiger partial charge >= 0.3 is 18.2 Å². The van der Waals surface area contributed by atoms with E-state index in [9.17, 15) is 14.4 Å². The van der Waals surface area contributed by atoms with Crippen molar-refractivity contribution in [2.24, 2.45) is 0 Å². The molecule has 0 fully saturated rings. The predicted octanol–water partition coefficient (Wildman–Crippen LogP) is 2.45. The lowest BCUT2D eigenvalue weighted by molar-refractivity contribution is -0.139. The maximum Gasteiger partial charge on any atom is 0.408 e. The van der Waals surface area contributed by atoms with E-state index in [1.165, 1.54) is 6.08 Å². The van der Waals surface area contributed by atoms with Gasteiger partial charge in [-0.25, -0.2) is 14.4 Å². The van der Waals surface area contributed by atoms with Crippen LogP contribution in [-0.4, -0.2) is 42.5 Å². The number of carboxylic acid groups (broad SMARTS) is 1. The summed E-state index contributed by atoms with van der Waals surface area (Å²) in [6.45, 7) is 3.94. The molecule has 1 rings (SSSR count). The molecule has 0 aromatic heterocycles. The van der Waals surface area contributed by atoms with Crippen molar-refractivity contribution >= 4 is 18.2 Å². The summed E-state index contributed by atoms with van der Waals surface area (Å²) in [7, 11) is 0. The van der Waals surface area contributed by atoms with Gasteiger partial charge < -0.3 is 25.2 Å². The molecule has 0 aliphatic heterocycles. The van der Waals surface area contributed by atoms with Gasteiger partial charge in [0.2, 0.25) is 0 Å². The topological polar surface area (TPSA) is 114 Å². The minimum absolute atomic E-state index is 0.00713. The Labute approximate surface area is 152 Å². The standard InChI is InChI=1S/C18H24N2O6/c1-2-12-25-18(24)20-15(16(21)22)10-6-7-11-19-17(23)26-13-14-8-4-3-5-9-14/h2-5,8-9,15H,1,6-7,10-13H2,(H,19,23)(H,20,24)(H,21,22)/t15-/m0/s1. The van der Waals surface area contributed by atoms with Crippen LogP contribution < -0.4 is 10.6 Å². The van der Waals surface area contributed by atoms with Crippen LogP contribution in [0.3, 0.4) is 0 Å². The number of unbranched alkanes of at least 4 members (excludes halogenated alkanes) is 1. The molecule has 2 amide bonds. The molecule has 0 aliphatic carbocycles. The Morgan fingerprint density at radius 3 is 2.50 bits per heavy atom. The Kier molecular flexibility index (Phi) is 9.98. The van der Waals surface area contributed by atoms with Gasteiger partial charge in [0.25, 0.3) is 0 Å². The normalized spacial score (nSPS) is 11.1. The molecular formula is C18H24N2O6. The van der Waals surface area contributed by atoms with Gasteiger partial charge in [-0.2, -0.15) is 0 Å². The lowest BCUT2D eigenvalue weighted by Crippen LogP contribution is -2.41. The number of amides is 2. The van der Waals surface area contributed by atoms with E-state index in [4.69, 9.17) is 9.84 Å². The van der Waals surface area contributed by atoms with Crippen molar-refractivity contribution in [1.29, 1.82) is 0 Å². The summed E-state index contributed by atoms with van der Waals surface area (Å²) in [6, 6.07) is 8.26. The molecule has 0 radical (unpaired) electrons. The van der Waals surface area contributed by atoms with E-state index < -0.39 is 24.2 Å². The van der Waals surface area contributed by atoms with Crippen molar-refractivity contribution in [2.45, 2.75) is 31.9 Å². The van der Waals surface area contributed by atoms with Crippen LogP contribution >= 0.6 is 0 Å². The number of hydrogen-bond acceptors (Lipinski definition) is 5. The zero-order valence-corrected chi connectivity index (χ0v) is 14.5. The fraction of sp³-hybridized carbons (Fsp3) is 0.389. The number of carbonyl (C=O) groups is 3. The molecule has 0 saturated carbocycles. The van der Waals surface area contributed by atoms with E-state index in [1.54, 1.807) is 0 Å². The summed E-state index contributed by atoms with van der Waals surface area (Å²) < 4.78 is 9.75. The number of carboxylic acids is 1. The molecule has 0 bridgehead atoms. The third-order valence-electron chi connectivity index (χ3n) is 3.32. The zero-order valence-electron chi connectivity index (χ0n) is 14.5. The van der Waals surface area contributed by atoms with Crippen LogP contribution in [-0.2, 0) is 20.9 Å². The van der Waals surface area contributed by atoms with Crippen LogP contribution in [0.5, 0.6) is 0 Å². The number of hydrogen-bond donors (Lipinski definition) is 3. The molecule has 1 aromatic carbocycles. The van der Waals surface area contributed by atoms with Gasteiger partial charge in [-0.15, -0.1) is 0 Å². The summed E-state index contributed by atoms with van der Waals surface area (Å²) in [4.78, 5) is 34.0. The lowest BCUT2D eigenvalue weighted by atomic mass is 10.1. The van der Waals surface area contributed by atoms with E-state index in [-0.39, 0.29) is 19.6 Å². The van der Waals surface area contributed by atoms with Crippen LogP contribution in [0.4, 0.5) is 9.59 Å². The second-order valence-corrected chi connectivity index (χ2v) is 5.41. The predicted molar refractivity (Wildman–Crippen MR) is 94.6 cm³/mol. The summed E-state index contributed by atoms with van der Waals surface area (Å²) in [5, 5.41) is 14.0. The molecule has 0 saturated heterocycles. The van der Waals surface area contributed by atoms with E-state index in [1.807, 2.05) is 30.3 Å². The molecule has 0 heterocycles. The van der Waals surface area contributed by atoms with Crippen molar-refractivity contribution in [3.63, 3.8) is 0 Å². The molecule has 1 atom stereocenters. The minimum atomic E-state index is -1.14. The Morgan fingerprint density at radius 2 is 1.85 bits per heavy atom. The van der Waals surface area contributed by atoms with E-state index in [2.05, 4.69) is 21.9 Å². The highest BCUT2D eigenvalue weighted by atomic mass is 16.6. The van der Waals surface area contributed by atoms with Gasteiger partial charge in [0.15, 0.2) is 0 Å². The largest absolute Gasteiger partial charge is 0.480 e. The summed E-state index contributed by atoms with van der Waals surface area (Å²) in [6.07, 6.45) is 1.32. The Morgan fingerprint density at radius 1 is 1.12 bits per heavy atom. The maximum atomic E-state index is 11.6. The van der Waals surface area contributed by atoms with Crippen molar-refractivity contribution in [3.05, 3.63) is 48.6 Å². The van der Waals surface area contributed by atoms with Gasteiger partial charge in [0.1, 0.15) is 19.3 Å². The van der Waals surface area contributed by atoms with Crippen molar-refractivity contribution in [1.82, 2.24) is 10.6 Å². The van der Waals surface area contributed by atoms with Gasteiger partial charge in [0, 0.05) is 6.54 Å². The van der Waals surface area contributed by atoms with Crippen LogP contribution in [0, 0.1) is 0 Å². The van der Waals surface area contributed by atoms with E-state index >= 15 is 0 Å². The first-order valence-electron chi connectivity index (χ1n) is 8.24. The molecule has 8 heteroatoms. The number of rotatable bonds is 11. The van der Waals surface area contributed by atoms with E-state index in [0.29, 0.717) is 19.4 Å². The molecule has 8 nitrogen and oxygen atoms in total. The molecule has 0 aliphatic rings. The fourth-order valence-electron chi connectivity index (χ4n) is 2.01. The number of alkyl carbamates (subject to hydrolysis) is 2. The summed E-state index contributed by atoms with van der Waals surface area (Å²) in [5.41, 5.74) is 0.890. The first-order valence-corrected chi connectivity index (χ1v) is 8.24. The zero-order chi connectivity index (χ0) is 19.2. The molecule has 26 heavy (non-hydrogen) atoms. The van der Waals surface area contributed by atoms with Gasteiger partial charge in [-0.3, -0.25) is 0 Å². The average Bonchev–Trinajstić information content (AvgIpc) is 2.64. The van der Waals surface area contributed by atoms with Crippen LogP contribution in [0.1, 0.15) is 24.8 Å². The molecule has 0 unspecified atom stereocenters. The summed E-state index contributed by atoms with van der Waals surface area (Å²) in [5.74, 6) is -1.14. The Bertz CT molecular complexity index is 591. The molecule has 3 N–H and O–H groups in total. The van der Waals surface area contributed by atoms with Crippen molar-refractivity contribution in [2.75, 3.05) is 13.2 Å². The lowest BCUT2D eigenvalue weighted by Gasteiger charge is -2.14. The SMILES string of the molecule is C=CCOC(=O)N[C@@H](CCCCNC(=O)OCc1ccccc1)C(=O)O. The highest BCUT2D eigenvalue weighted by Gasteiger charge is 2.19. The second-order valence-electron chi connectivity index (χ2n) is 5.41. The average molecular weight is 364 g/mol. The van der Waals surface area contributed by atoms with E-state index in [0.717, 1.165) is 5.56 Å². The first kappa shape index (κ1) is 21.0. The minimum Gasteiger partial charge on any atom is -0.480 e. The third-order valence-corrected chi connectivity index (χ3v) is 3.32. The smallest absolute Gasteiger partial charge is 0.408 e. The second kappa shape index (κ2) is 12.3. The summed E-state index contributed by atoms with van der Waals surface area (Å²) >= 11 is 0. The number of benzene rings is 1.